The predicted molar refractivity (Wildman–Crippen MR) is 44.0 cm³/mol. The number of hydrogen-bond acceptors (Lipinski definition) is 2. The molecule has 58 valence electrons. The summed E-state index contributed by atoms with van der Waals surface area (Å²) in [5, 5.41) is 0. The largest absolute Gasteiger partial charge is 0.235 e. The summed E-state index contributed by atoms with van der Waals surface area (Å²) in [6.45, 7) is 2.62. The molecule has 0 amide bonds. The molecule has 1 atom stereocenters. The van der Waals surface area contributed by atoms with Crippen molar-refractivity contribution in [2.45, 2.75) is 13.3 Å². The van der Waals surface area contributed by atoms with Crippen LogP contribution in [0.2, 0.25) is 0 Å². The maximum absolute atomic E-state index is 9.79. The molecular weight excluding hydrogens is 138 g/mol. The van der Waals surface area contributed by atoms with Gasteiger partial charge in [-0.15, -0.1) is 0 Å². The maximum atomic E-state index is 9.79. The Kier molecular flexibility index (Phi) is 2.82. The van der Waals surface area contributed by atoms with Crippen LogP contribution in [0.25, 0.3) is 0 Å². The number of allylic oxidation sites excluding steroid dienone is 2. The Balaban J connectivity index is 2.56. The van der Waals surface area contributed by atoms with Gasteiger partial charge in [-0.25, -0.2) is 9.79 Å². The number of rotatable bonds is 2. The topological polar surface area (TPSA) is 29.4 Å². The van der Waals surface area contributed by atoms with Gasteiger partial charge in [0.25, 0.3) is 0 Å². The van der Waals surface area contributed by atoms with Crippen molar-refractivity contribution in [1.29, 1.82) is 0 Å². The lowest BCUT2D eigenvalue weighted by Gasteiger charge is -2.09. The van der Waals surface area contributed by atoms with Gasteiger partial charge in [0.1, 0.15) is 0 Å². The smallest absolute Gasteiger partial charge is 0.211 e. The molecule has 2 heteroatoms. The number of isocyanates is 1. The van der Waals surface area contributed by atoms with Crippen LogP contribution in [0.3, 0.4) is 0 Å². The summed E-state index contributed by atoms with van der Waals surface area (Å²) in [4.78, 5) is 13.3. The van der Waals surface area contributed by atoms with Crippen molar-refractivity contribution >= 4 is 6.08 Å². The van der Waals surface area contributed by atoms with E-state index in [0.29, 0.717) is 12.5 Å². The zero-order valence-electron chi connectivity index (χ0n) is 6.58. The lowest BCUT2D eigenvalue weighted by molar-refractivity contribution is 0.563. The molecule has 1 rings (SSSR count). The molecule has 1 aliphatic carbocycles. The third kappa shape index (κ3) is 2.52. The van der Waals surface area contributed by atoms with Crippen LogP contribution in [0.5, 0.6) is 0 Å². The highest BCUT2D eigenvalue weighted by Gasteiger charge is 2.02. The Morgan fingerprint density at radius 2 is 2.64 bits per heavy atom. The van der Waals surface area contributed by atoms with Gasteiger partial charge in [-0.2, -0.15) is 0 Å². The van der Waals surface area contributed by atoms with Crippen LogP contribution in [0.4, 0.5) is 0 Å². The van der Waals surface area contributed by atoms with Gasteiger partial charge in [0.15, 0.2) is 0 Å². The van der Waals surface area contributed by atoms with E-state index >= 15 is 0 Å². The summed E-state index contributed by atoms with van der Waals surface area (Å²) >= 11 is 0. The SMILES string of the molecule is CC1C=C(CN=C=O)C=CC1. The molecule has 0 aromatic rings. The van der Waals surface area contributed by atoms with E-state index in [1.807, 2.05) is 6.08 Å². The molecule has 11 heavy (non-hydrogen) atoms. The Bertz CT molecular complexity index is 234. The van der Waals surface area contributed by atoms with E-state index in [1.165, 1.54) is 6.08 Å². The van der Waals surface area contributed by atoms with Gasteiger partial charge in [-0.3, -0.25) is 0 Å². The van der Waals surface area contributed by atoms with E-state index in [2.05, 4.69) is 24.1 Å². The zero-order chi connectivity index (χ0) is 8.10. The van der Waals surface area contributed by atoms with E-state index in [4.69, 9.17) is 0 Å². The fourth-order valence-electron chi connectivity index (χ4n) is 1.15. The summed E-state index contributed by atoms with van der Waals surface area (Å²) in [6.07, 6.45) is 8.89. The first-order valence-electron chi connectivity index (χ1n) is 3.74. The molecule has 0 N–H and O–H groups in total. The molecule has 0 aromatic heterocycles. The minimum Gasteiger partial charge on any atom is -0.211 e. The van der Waals surface area contributed by atoms with Crippen molar-refractivity contribution in [1.82, 2.24) is 0 Å². The second-order valence-electron chi connectivity index (χ2n) is 2.76. The Hall–Kier alpha value is -1.14. The summed E-state index contributed by atoms with van der Waals surface area (Å²) in [6, 6.07) is 0. The minimum absolute atomic E-state index is 0.477. The molecule has 0 spiro atoms. The van der Waals surface area contributed by atoms with E-state index < -0.39 is 0 Å². The van der Waals surface area contributed by atoms with Crippen LogP contribution >= 0.6 is 0 Å². The fraction of sp³-hybridized carbons (Fsp3) is 0.444. The standard InChI is InChI=1S/C9H11NO/c1-8-3-2-4-9(5-8)6-10-7-11/h2,4-5,8H,3,6H2,1H3. The van der Waals surface area contributed by atoms with Crippen LogP contribution in [-0.2, 0) is 4.79 Å². The highest BCUT2D eigenvalue weighted by Crippen LogP contribution is 2.15. The van der Waals surface area contributed by atoms with Crippen molar-refractivity contribution < 1.29 is 4.79 Å². The summed E-state index contributed by atoms with van der Waals surface area (Å²) in [5.41, 5.74) is 1.12. The van der Waals surface area contributed by atoms with Gasteiger partial charge in [0, 0.05) is 0 Å². The second-order valence-corrected chi connectivity index (χ2v) is 2.76. The number of carbonyl (C=O) groups excluding carboxylic acids is 1. The lowest BCUT2D eigenvalue weighted by Crippen LogP contribution is -1.97. The van der Waals surface area contributed by atoms with E-state index in [9.17, 15) is 4.79 Å². The van der Waals surface area contributed by atoms with Gasteiger partial charge in [-0.05, 0) is 17.9 Å². The number of aliphatic imine (C=N–C) groups is 1. The third-order valence-corrected chi connectivity index (χ3v) is 1.66. The molecule has 0 saturated heterocycles. The molecule has 0 bridgehead atoms. The quantitative estimate of drug-likeness (QED) is 0.435. The highest BCUT2D eigenvalue weighted by atomic mass is 16.1. The van der Waals surface area contributed by atoms with Crippen LogP contribution < -0.4 is 0 Å². The molecule has 0 heterocycles. The van der Waals surface area contributed by atoms with Crippen LogP contribution in [-0.4, -0.2) is 12.6 Å². The average molecular weight is 149 g/mol. The van der Waals surface area contributed by atoms with E-state index in [-0.39, 0.29) is 0 Å². The predicted octanol–water partition coefficient (Wildman–Crippen LogP) is 1.84. The first-order chi connectivity index (χ1) is 5.33. The van der Waals surface area contributed by atoms with Gasteiger partial charge in [-0.1, -0.05) is 25.2 Å². The number of hydrogen-bond donors (Lipinski definition) is 0. The minimum atomic E-state index is 0.477. The van der Waals surface area contributed by atoms with Crippen molar-refractivity contribution in [2.75, 3.05) is 6.54 Å². The van der Waals surface area contributed by atoms with Crippen LogP contribution in [0, 0.1) is 5.92 Å². The maximum Gasteiger partial charge on any atom is 0.235 e. The van der Waals surface area contributed by atoms with Gasteiger partial charge in [0.05, 0.1) is 6.54 Å². The van der Waals surface area contributed by atoms with Crippen molar-refractivity contribution in [3.8, 4) is 0 Å². The third-order valence-electron chi connectivity index (χ3n) is 1.66. The van der Waals surface area contributed by atoms with Crippen molar-refractivity contribution in [3.63, 3.8) is 0 Å². The molecule has 0 radical (unpaired) electrons. The Morgan fingerprint density at radius 1 is 1.82 bits per heavy atom. The first kappa shape index (κ1) is 7.96. The van der Waals surface area contributed by atoms with Crippen molar-refractivity contribution in [3.05, 3.63) is 23.8 Å². The van der Waals surface area contributed by atoms with Gasteiger partial charge < -0.3 is 0 Å². The Labute approximate surface area is 66.3 Å². The molecule has 0 fully saturated rings. The summed E-state index contributed by atoms with van der Waals surface area (Å²) < 4.78 is 0. The van der Waals surface area contributed by atoms with Crippen molar-refractivity contribution in [2.24, 2.45) is 10.9 Å². The molecule has 0 saturated carbocycles. The molecule has 1 unspecified atom stereocenters. The van der Waals surface area contributed by atoms with Crippen LogP contribution in [0.1, 0.15) is 13.3 Å². The normalized spacial score (nSPS) is 22.3. The first-order valence-corrected chi connectivity index (χ1v) is 3.74. The molecular formula is C9H11NO. The van der Waals surface area contributed by atoms with E-state index in [0.717, 1.165) is 12.0 Å². The van der Waals surface area contributed by atoms with Gasteiger partial charge >= 0.3 is 0 Å². The van der Waals surface area contributed by atoms with Gasteiger partial charge in [0.2, 0.25) is 6.08 Å². The number of nitrogens with zero attached hydrogens (tertiary/aromatic N) is 1. The fourth-order valence-corrected chi connectivity index (χ4v) is 1.15. The lowest BCUT2D eigenvalue weighted by atomic mass is 9.98. The summed E-state index contributed by atoms with van der Waals surface area (Å²) in [7, 11) is 0. The molecule has 2 nitrogen and oxygen atoms in total. The summed E-state index contributed by atoms with van der Waals surface area (Å²) in [5.74, 6) is 0.580. The van der Waals surface area contributed by atoms with Crippen LogP contribution in [0.15, 0.2) is 28.8 Å². The molecule has 0 aromatic carbocycles. The Morgan fingerprint density at radius 3 is 3.27 bits per heavy atom. The molecule has 0 aliphatic heterocycles. The monoisotopic (exact) mass is 149 g/mol. The zero-order valence-corrected chi connectivity index (χ0v) is 6.58. The van der Waals surface area contributed by atoms with E-state index in [1.54, 1.807) is 0 Å². The molecule has 1 aliphatic rings. The second kappa shape index (κ2) is 3.89. The highest BCUT2D eigenvalue weighted by molar-refractivity contribution is 5.35. The average Bonchev–Trinajstić information content (AvgIpc) is 2.01.